The Hall–Kier alpha value is -1.90. The lowest BCUT2D eigenvalue weighted by molar-refractivity contribution is 0.584. The summed E-state index contributed by atoms with van der Waals surface area (Å²) in [6.45, 7) is 6.42. The van der Waals surface area contributed by atoms with Crippen molar-refractivity contribution in [2.45, 2.75) is 26.2 Å². The van der Waals surface area contributed by atoms with Gasteiger partial charge in [-0.2, -0.15) is 0 Å². The molecule has 0 atom stereocenters. The molecule has 2 rings (SSSR count). The Morgan fingerprint density at radius 2 is 1.59 bits per heavy atom. The van der Waals surface area contributed by atoms with Crippen molar-refractivity contribution in [1.82, 2.24) is 9.97 Å². The van der Waals surface area contributed by atoms with Gasteiger partial charge in [-0.05, 0) is 23.1 Å². The summed E-state index contributed by atoms with van der Waals surface area (Å²) in [5.74, 6) is 0.677. The third-order valence-electron chi connectivity index (χ3n) is 2.72. The number of nitrogen functional groups attached to an aromatic ring is 1. The first kappa shape index (κ1) is 11.6. The Morgan fingerprint density at radius 1 is 1.00 bits per heavy atom. The van der Waals surface area contributed by atoms with Gasteiger partial charge in [0, 0.05) is 23.6 Å². The van der Waals surface area contributed by atoms with Crippen LogP contribution >= 0.6 is 0 Å². The lowest BCUT2D eigenvalue weighted by atomic mass is 9.89. The van der Waals surface area contributed by atoms with E-state index in [0.29, 0.717) is 11.5 Å². The molecule has 1 aromatic carbocycles. The van der Waals surface area contributed by atoms with Gasteiger partial charge in [0.15, 0.2) is 5.82 Å². The molecular weight excluding hydrogens is 210 g/mol. The monoisotopic (exact) mass is 227 g/mol. The third kappa shape index (κ3) is 2.44. The summed E-state index contributed by atoms with van der Waals surface area (Å²) >= 11 is 0. The fourth-order valence-electron chi connectivity index (χ4n) is 1.56. The Labute approximate surface area is 102 Å². The van der Waals surface area contributed by atoms with E-state index in [-0.39, 0.29) is 5.41 Å². The van der Waals surface area contributed by atoms with Gasteiger partial charge in [0.05, 0.1) is 0 Å². The van der Waals surface area contributed by atoms with E-state index in [9.17, 15) is 0 Å². The minimum atomic E-state index is 0.0702. The molecule has 0 aliphatic heterocycles. The van der Waals surface area contributed by atoms with E-state index in [0.717, 1.165) is 11.1 Å². The maximum absolute atomic E-state index is 5.90. The summed E-state index contributed by atoms with van der Waals surface area (Å²) < 4.78 is 0. The lowest BCUT2D eigenvalue weighted by Gasteiger charge is -2.17. The van der Waals surface area contributed by atoms with Crippen LogP contribution in [0.3, 0.4) is 0 Å². The number of aromatic nitrogens is 2. The van der Waals surface area contributed by atoms with Gasteiger partial charge in [0.25, 0.3) is 0 Å². The van der Waals surface area contributed by atoms with Crippen molar-refractivity contribution in [3.05, 3.63) is 42.2 Å². The second kappa shape index (κ2) is 4.17. The topological polar surface area (TPSA) is 51.8 Å². The zero-order valence-corrected chi connectivity index (χ0v) is 10.4. The molecule has 0 aliphatic rings. The first-order chi connectivity index (χ1) is 7.98. The molecule has 0 fully saturated rings. The molecule has 0 bridgehead atoms. The molecule has 0 amide bonds. The van der Waals surface area contributed by atoms with Crippen molar-refractivity contribution < 1.29 is 0 Å². The van der Waals surface area contributed by atoms with E-state index in [4.69, 9.17) is 5.73 Å². The van der Waals surface area contributed by atoms with Gasteiger partial charge in [0.1, 0.15) is 0 Å². The molecular formula is C14H17N3. The van der Waals surface area contributed by atoms with Crippen LogP contribution in [-0.4, -0.2) is 9.97 Å². The molecule has 2 N–H and O–H groups in total. The Bertz CT molecular complexity index is 510. The Morgan fingerprint density at radius 3 is 2.12 bits per heavy atom. The van der Waals surface area contributed by atoms with Crippen molar-refractivity contribution in [3.8, 4) is 11.4 Å². The molecule has 17 heavy (non-hydrogen) atoms. The van der Waals surface area contributed by atoms with Crippen LogP contribution in [0.4, 0.5) is 5.69 Å². The quantitative estimate of drug-likeness (QED) is 0.762. The van der Waals surface area contributed by atoms with E-state index in [1.54, 1.807) is 0 Å². The molecule has 88 valence electrons. The Kier molecular flexibility index (Phi) is 2.84. The zero-order chi connectivity index (χ0) is 12.5. The minimum Gasteiger partial charge on any atom is -0.398 e. The molecule has 0 saturated carbocycles. The Balaban J connectivity index is 2.40. The van der Waals surface area contributed by atoms with E-state index >= 15 is 0 Å². The van der Waals surface area contributed by atoms with Crippen LogP contribution in [0.5, 0.6) is 0 Å². The maximum Gasteiger partial charge on any atom is 0.161 e. The van der Waals surface area contributed by atoms with Crippen molar-refractivity contribution >= 4 is 5.69 Å². The standard InChI is InChI=1S/C14H17N3/c1-14(2,3)10-8-16-13(17-9-10)11-6-4-5-7-12(11)15/h4-9H,15H2,1-3H3. The predicted molar refractivity (Wildman–Crippen MR) is 70.6 cm³/mol. The third-order valence-corrected chi connectivity index (χ3v) is 2.72. The molecule has 3 nitrogen and oxygen atoms in total. The second-order valence-corrected chi connectivity index (χ2v) is 5.13. The number of hydrogen-bond donors (Lipinski definition) is 1. The van der Waals surface area contributed by atoms with Gasteiger partial charge in [-0.25, -0.2) is 9.97 Å². The fraction of sp³-hybridized carbons (Fsp3) is 0.286. The number of anilines is 1. The summed E-state index contributed by atoms with van der Waals surface area (Å²) in [4.78, 5) is 8.77. The largest absolute Gasteiger partial charge is 0.398 e. The van der Waals surface area contributed by atoms with E-state index in [1.165, 1.54) is 0 Å². The highest BCUT2D eigenvalue weighted by atomic mass is 14.9. The molecule has 0 aliphatic carbocycles. The van der Waals surface area contributed by atoms with Crippen molar-refractivity contribution in [2.75, 3.05) is 5.73 Å². The molecule has 0 spiro atoms. The number of para-hydroxylation sites is 1. The average Bonchev–Trinajstić information content (AvgIpc) is 2.29. The summed E-state index contributed by atoms with van der Waals surface area (Å²) in [5.41, 5.74) is 8.67. The summed E-state index contributed by atoms with van der Waals surface area (Å²) in [6, 6.07) is 7.63. The van der Waals surface area contributed by atoms with E-state index in [2.05, 4.69) is 30.7 Å². The summed E-state index contributed by atoms with van der Waals surface area (Å²) in [6.07, 6.45) is 3.74. The van der Waals surface area contributed by atoms with Gasteiger partial charge in [-0.15, -0.1) is 0 Å². The van der Waals surface area contributed by atoms with Gasteiger partial charge in [-0.3, -0.25) is 0 Å². The highest BCUT2D eigenvalue weighted by molar-refractivity contribution is 5.70. The first-order valence-electron chi connectivity index (χ1n) is 5.66. The minimum absolute atomic E-state index is 0.0702. The van der Waals surface area contributed by atoms with Crippen LogP contribution in [0.1, 0.15) is 26.3 Å². The summed E-state index contributed by atoms with van der Waals surface area (Å²) in [5, 5.41) is 0. The van der Waals surface area contributed by atoms with Gasteiger partial charge in [0.2, 0.25) is 0 Å². The van der Waals surface area contributed by atoms with Crippen molar-refractivity contribution in [2.24, 2.45) is 0 Å². The maximum atomic E-state index is 5.90. The number of hydrogen-bond acceptors (Lipinski definition) is 3. The SMILES string of the molecule is CC(C)(C)c1cnc(-c2ccccc2N)nc1. The van der Waals surface area contributed by atoms with Gasteiger partial charge < -0.3 is 5.73 Å². The molecule has 3 heteroatoms. The second-order valence-electron chi connectivity index (χ2n) is 5.13. The van der Waals surface area contributed by atoms with Gasteiger partial charge in [-0.1, -0.05) is 32.9 Å². The van der Waals surface area contributed by atoms with Crippen LogP contribution in [0.2, 0.25) is 0 Å². The number of nitrogens with zero attached hydrogens (tertiary/aromatic N) is 2. The van der Waals surface area contributed by atoms with Crippen LogP contribution < -0.4 is 5.73 Å². The normalized spacial score (nSPS) is 11.5. The highest BCUT2D eigenvalue weighted by Gasteiger charge is 2.15. The number of nitrogens with two attached hydrogens (primary N) is 1. The number of benzene rings is 1. The lowest BCUT2D eigenvalue weighted by Crippen LogP contribution is -2.12. The molecule has 0 unspecified atom stereocenters. The van der Waals surface area contributed by atoms with Crippen molar-refractivity contribution in [3.63, 3.8) is 0 Å². The van der Waals surface area contributed by atoms with Crippen LogP contribution in [0.25, 0.3) is 11.4 Å². The molecule has 2 aromatic rings. The predicted octanol–water partition coefficient (Wildman–Crippen LogP) is 3.02. The van der Waals surface area contributed by atoms with Crippen LogP contribution in [0.15, 0.2) is 36.7 Å². The average molecular weight is 227 g/mol. The van der Waals surface area contributed by atoms with Crippen LogP contribution in [0, 0.1) is 0 Å². The van der Waals surface area contributed by atoms with E-state index < -0.39 is 0 Å². The molecule has 1 heterocycles. The number of rotatable bonds is 1. The van der Waals surface area contributed by atoms with Gasteiger partial charge >= 0.3 is 0 Å². The van der Waals surface area contributed by atoms with E-state index in [1.807, 2.05) is 36.7 Å². The summed E-state index contributed by atoms with van der Waals surface area (Å²) in [7, 11) is 0. The smallest absolute Gasteiger partial charge is 0.161 e. The molecule has 0 radical (unpaired) electrons. The van der Waals surface area contributed by atoms with Crippen LogP contribution in [-0.2, 0) is 5.41 Å². The molecule has 1 aromatic heterocycles. The first-order valence-corrected chi connectivity index (χ1v) is 5.66. The fourth-order valence-corrected chi connectivity index (χ4v) is 1.56. The highest BCUT2D eigenvalue weighted by Crippen LogP contribution is 2.24. The molecule has 0 saturated heterocycles. The van der Waals surface area contributed by atoms with Crippen molar-refractivity contribution in [1.29, 1.82) is 0 Å². The zero-order valence-electron chi connectivity index (χ0n) is 10.4.